The van der Waals surface area contributed by atoms with Crippen molar-refractivity contribution >= 4 is 23.2 Å². The fraction of sp³-hybridized carbons (Fsp3) is 0.440. The average Bonchev–Trinajstić information content (AvgIpc) is 3.55. The van der Waals surface area contributed by atoms with E-state index in [9.17, 15) is 9.59 Å². The topological polar surface area (TPSA) is 97.9 Å². The summed E-state index contributed by atoms with van der Waals surface area (Å²) in [5, 5.41) is 8.87. The van der Waals surface area contributed by atoms with E-state index in [-0.39, 0.29) is 30.6 Å². The molecular weight excluding hydrogens is 422 g/mol. The molecule has 2 unspecified atom stereocenters. The zero-order valence-corrected chi connectivity index (χ0v) is 18.7. The van der Waals surface area contributed by atoms with Crippen molar-refractivity contribution in [1.29, 1.82) is 0 Å². The number of benzene rings is 2. The summed E-state index contributed by atoms with van der Waals surface area (Å²) in [6, 6.07) is 14.4. The Labute approximate surface area is 194 Å². The fourth-order valence-corrected chi connectivity index (χ4v) is 3.92. The Balaban J connectivity index is 1.26. The molecule has 2 aliphatic heterocycles. The lowest BCUT2D eigenvalue weighted by Gasteiger charge is -2.15. The molecule has 2 heterocycles. The molecule has 8 nitrogen and oxygen atoms in total. The quantitative estimate of drug-likeness (QED) is 0.511. The number of ether oxygens (including phenoxy) is 3. The minimum Gasteiger partial charge on any atom is -0.489 e. The van der Waals surface area contributed by atoms with Crippen LogP contribution >= 0.6 is 0 Å². The lowest BCUT2D eigenvalue weighted by molar-refractivity contribution is -0.114. The summed E-state index contributed by atoms with van der Waals surface area (Å²) in [7, 11) is 0. The minimum atomic E-state index is -0.212. The molecule has 0 saturated carbocycles. The van der Waals surface area contributed by atoms with Crippen molar-refractivity contribution in [3.63, 3.8) is 0 Å². The summed E-state index contributed by atoms with van der Waals surface area (Å²) >= 11 is 0. The number of carbonyl (C=O) groups is 2. The highest BCUT2D eigenvalue weighted by Crippen LogP contribution is 2.25. The van der Waals surface area contributed by atoms with Gasteiger partial charge < -0.3 is 30.2 Å². The van der Waals surface area contributed by atoms with Gasteiger partial charge in [-0.1, -0.05) is 18.2 Å². The molecule has 0 bridgehead atoms. The maximum absolute atomic E-state index is 12.5. The summed E-state index contributed by atoms with van der Waals surface area (Å²) < 4.78 is 17.0. The first-order valence-corrected chi connectivity index (χ1v) is 11.5. The van der Waals surface area contributed by atoms with Gasteiger partial charge in [-0.2, -0.15) is 0 Å². The lowest BCUT2D eigenvalue weighted by atomic mass is 10.1. The first-order chi connectivity index (χ1) is 16.2. The van der Waals surface area contributed by atoms with Gasteiger partial charge in [-0.25, -0.2) is 0 Å². The van der Waals surface area contributed by atoms with Crippen LogP contribution in [0.5, 0.6) is 5.75 Å². The molecule has 2 aliphatic rings. The second-order valence-electron chi connectivity index (χ2n) is 8.27. The molecule has 2 atom stereocenters. The molecule has 0 aliphatic carbocycles. The Morgan fingerprint density at radius 1 is 0.970 bits per heavy atom. The Bertz CT molecular complexity index is 939. The van der Waals surface area contributed by atoms with E-state index in [4.69, 9.17) is 14.2 Å². The lowest BCUT2D eigenvalue weighted by Crippen LogP contribution is -2.31. The van der Waals surface area contributed by atoms with E-state index in [1.165, 1.54) is 0 Å². The molecule has 4 rings (SSSR count). The van der Waals surface area contributed by atoms with Gasteiger partial charge in [0.1, 0.15) is 12.4 Å². The molecule has 0 aromatic heterocycles. The molecule has 0 radical (unpaired) electrons. The molecule has 2 saturated heterocycles. The van der Waals surface area contributed by atoms with Gasteiger partial charge in [-0.05, 0) is 56.0 Å². The predicted molar refractivity (Wildman–Crippen MR) is 126 cm³/mol. The molecule has 3 N–H and O–H groups in total. The smallest absolute Gasteiger partial charge is 0.251 e. The van der Waals surface area contributed by atoms with Crippen molar-refractivity contribution < 1.29 is 23.8 Å². The molecule has 0 spiro atoms. The van der Waals surface area contributed by atoms with Crippen molar-refractivity contribution in [3.8, 4) is 5.75 Å². The molecule has 176 valence electrons. The van der Waals surface area contributed by atoms with Gasteiger partial charge >= 0.3 is 0 Å². The first kappa shape index (κ1) is 23.1. The third-order valence-corrected chi connectivity index (χ3v) is 5.70. The largest absolute Gasteiger partial charge is 0.489 e. The van der Waals surface area contributed by atoms with Crippen LogP contribution in [0.1, 0.15) is 36.0 Å². The normalized spacial score (nSPS) is 19.8. The highest BCUT2D eigenvalue weighted by Gasteiger charge is 2.18. The highest BCUT2D eigenvalue weighted by atomic mass is 16.5. The van der Waals surface area contributed by atoms with Crippen LogP contribution in [0.25, 0.3) is 0 Å². The molecule has 8 heteroatoms. The first-order valence-electron chi connectivity index (χ1n) is 11.5. The van der Waals surface area contributed by atoms with Crippen molar-refractivity contribution in [2.45, 2.75) is 37.9 Å². The van der Waals surface area contributed by atoms with Gasteiger partial charge in [0.2, 0.25) is 5.91 Å². The Hall–Kier alpha value is -3.10. The summed E-state index contributed by atoms with van der Waals surface area (Å²) in [5.74, 6) is 0.249. The van der Waals surface area contributed by atoms with Gasteiger partial charge in [-0.15, -0.1) is 0 Å². The van der Waals surface area contributed by atoms with Gasteiger partial charge in [0.25, 0.3) is 5.91 Å². The molecule has 33 heavy (non-hydrogen) atoms. The van der Waals surface area contributed by atoms with Crippen LogP contribution in [-0.4, -0.2) is 56.9 Å². The number of hydrogen-bond acceptors (Lipinski definition) is 6. The van der Waals surface area contributed by atoms with E-state index in [2.05, 4.69) is 16.0 Å². The average molecular weight is 454 g/mol. The van der Waals surface area contributed by atoms with Crippen LogP contribution in [0.3, 0.4) is 0 Å². The van der Waals surface area contributed by atoms with Crippen molar-refractivity contribution in [2.75, 3.05) is 43.5 Å². The van der Waals surface area contributed by atoms with Crippen LogP contribution in [-0.2, 0) is 14.3 Å². The second-order valence-corrected chi connectivity index (χ2v) is 8.27. The summed E-state index contributed by atoms with van der Waals surface area (Å²) in [6.07, 6.45) is 4.24. The third-order valence-electron chi connectivity index (χ3n) is 5.70. The molecule has 2 amide bonds. The van der Waals surface area contributed by atoms with E-state index in [0.717, 1.165) is 38.9 Å². The van der Waals surface area contributed by atoms with Crippen LogP contribution in [0.4, 0.5) is 11.4 Å². The Morgan fingerprint density at radius 2 is 1.76 bits per heavy atom. The summed E-state index contributed by atoms with van der Waals surface area (Å²) in [5.41, 5.74) is 1.84. The van der Waals surface area contributed by atoms with E-state index in [1.807, 2.05) is 30.3 Å². The molecule has 2 aromatic carbocycles. The standard InChI is InChI=1S/C25H31N3O5/c29-24(28-22-10-1-2-11-23(22)33-17-21-9-5-13-32-21)16-26-19-7-3-6-18(14-19)25(30)27-15-20-8-4-12-31-20/h1-3,6-7,10-11,14,20-21,26H,4-5,8-9,12-13,15-17H2,(H,27,30)(H,28,29). The monoisotopic (exact) mass is 453 g/mol. The SMILES string of the molecule is O=C(CNc1cccc(C(=O)NCC2CCCO2)c1)Nc1ccccc1OCC1CCCO1. The number of hydrogen-bond donors (Lipinski definition) is 3. The number of anilines is 2. The maximum atomic E-state index is 12.5. The summed E-state index contributed by atoms with van der Waals surface area (Å²) in [4.78, 5) is 25.0. The van der Waals surface area contributed by atoms with Crippen molar-refractivity contribution in [1.82, 2.24) is 5.32 Å². The van der Waals surface area contributed by atoms with Crippen LogP contribution in [0, 0.1) is 0 Å². The predicted octanol–water partition coefficient (Wildman–Crippen LogP) is 3.20. The van der Waals surface area contributed by atoms with Crippen LogP contribution in [0.2, 0.25) is 0 Å². The van der Waals surface area contributed by atoms with Gasteiger partial charge in [0.05, 0.1) is 24.4 Å². The third kappa shape index (κ3) is 6.94. The Morgan fingerprint density at radius 3 is 2.55 bits per heavy atom. The number of rotatable bonds is 10. The second kappa shape index (κ2) is 11.7. The van der Waals surface area contributed by atoms with Crippen molar-refractivity contribution in [2.24, 2.45) is 0 Å². The van der Waals surface area contributed by atoms with E-state index in [0.29, 0.717) is 35.8 Å². The number of para-hydroxylation sites is 2. The maximum Gasteiger partial charge on any atom is 0.251 e. The number of nitrogens with one attached hydrogen (secondary N) is 3. The molecular formula is C25H31N3O5. The van der Waals surface area contributed by atoms with Gasteiger partial charge in [-0.3, -0.25) is 9.59 Å². The van der Waals surface area contributed by atoms with E-state index < -0.39 is 0 Å². The van der Waals surface area contributed by atoms with Crippen molar-refractivity contribution in [3.05, 3.63) is 54.1 Å². The Kier molecular flexibility index (Phi) is 8.16. The molecule has 2 aromatic rings. The number of carbonyl (C=O) groups excluding carboxylic acids is 2. The van der Waals surface area contributed by atoms with Gasteiger partial charge in [0.15, 0.2) is 0 Å². The van der Waals surface area contributed by atoms with E-state index >= 15 is 0 Å². The minimum absolute atomic E-state index is 0.0566. The number of amides is 2. The summed E-state index contributed by atoms with van der Waals surface area (Å²) in [6.45, 7) is 2.56. The fourth-order valence-electron chi connectivity index (χ4n) is 3.92. The zero-order valence-electron chi connectivity index (χ0n) is 18.7. The highest BCUT2D eigenvalue weighted by molar-refractivity contribution is 5.96. The molecule has 2 fully saturated rings. The van der Waals surface area contributed by atoms with Gasteiger partial charge in [0, 0.05) is 31.0 Å². The van der Waals surface area contributed by atoms with E-state index in [1.54, 1.807) is 18.2 Å². The zero-order chi connectivity index (χ0) is 22.9. The van der Waals surface area contributed by atoms with Crippen LogP contribution < -0.4 is 20.7 Å². The van der Waals surface area contributed by atoms with Crippen LogP contribution in [0.15, 0.2) is 48.5 Å².